The third kappa shape index (κ3) is 3.03. The maximum Gasteiger partial charge on any atom is 0.128 e. The Morgan fingerprint density at radius 2 is 1.48 bits per heavy atom. The molecular formula is C18H22O3. The molecule has 0 bridgehead atoms. The molecule has 0 heterocycles. The summed E-state index contributed by atoms with van der Waals surface area (Å²) in [4.78, 5) is 0. The molecule has 2 rings (SSSR count). The predicted octanol–water partition coefficient (Wildman–Crippen LogP) is 3.71. The van der Waals surface area contributed by atoms with Gasteiger partial charge in [0.2, 0.25) is 0 Å². The first-order valence-corrected chi connectivity index (χ1v) is 6.95. The molecule has 3 heteroatoms. The Hall–Kier alpha value is -2.00. The van der Waals surface area contributed by atoms with Crippen LogP contribution in [-0.2, 0) is 0 Å². The van der Waals surface area contributed by atoms with Crippen molar-refractivity contribution in [2.45, 2.75) is 26.9 Å². The number of rotatable bonds is 4. The molecule has 0 fully saturated rings. The lowest BCUT2D eigenvalue weighted by molar-refractivity contribution is 0.213. The Labute approximate surface area is 126 Å². The molecule has 2 aromatic rings. The second-order valence-corrected chi connectivity index (χ2v) is 5.30. The summed E-state index contributed by atoms with van der Waals surface area (Å²) >= 11 is 0. The SMILES string of the molecule is COc1ccc(C(O)c2cc(C)c(C)cc2C)c(OC)c1. The van der Waals surface area contributed by atoms with E-state index in [4.69, 9.17) is 9.47 Å². The summed E-state index contributed by atoms with van der Waals surface area (Å²) < 4.78 is 10.6. The minimum absolute atomic E-state index is 0.625. The third-order valence-corrected chi connectivity index (χ3v) is 3.91. The maximum absolute atomic E-state index is 10.7. The number of hydrogen-bond donors (Lipinski definition) is 1. The Balaban J connectivity index is 2.49. The van der Waals surface area contributed by atoms with Crippen molar-refractivity contribution in [3.63, 3.8) is 0 Å². The molecule has 1 unspecified atom stereocenters. The number of methoxy groups -OCH3 is 2. The van der Waals surface area contributed by atoms with Crippen LogP contribution in [0.25, 0.3) is 0 Å². The van der Waals surface area contributed by atoms with Crippen molar-refractivity contribution in [1.82, 2.24) is 0 Å². The summed E-state index contributed by atoms with van der Waals surface area (Å²) in [5.74, 6) is 1.33. The molecule has 0 amide bonds. The van der Waals surface area contributed by atoms with E-state index in [9.17, 15) is 5.11 Å². The average molecular weight is 286 g/mol. The molecule has 0 aliphatic rings. The van der Waals surface area contributed by atoms with E-state index in [0.29, 0.717) is 11.5 Å². The molecule has 0 aliphatic heterocycles. The van der Waals surface area contributed by atoms with Gasteiger partial charge in [-0.25, -0.2) is 0 Å². The van der Waals surface area contributed by atoms with Crippen molar-refractivity contribution in [3.8, 4) is 11.5 Å². The minimum atomic E-state index is -0.717. The first-order valence-electron chi connectivity index (χ1n) is 6.95. The fraction of sp³-hybridized carbons (Fsp3) is 0.333. The number of ether oxygens (including phenoxy) is 2. The van der Waals surface area contributed by atoms with E-state index in [1.807, 2.05) is 25.1 Å². The van der Waals surface area contributed by atoms with E-state index in [1.54, 1.807) is 20.3 Å². The molecule has 0 spiro atoms. The molecule has 0 saturated carbocycles. The van der Waals surface area contributed by atoms with E-state index in [1.165, 1.54) is 11.1 Å². The van der Waals surface area contributed by atoms with Gasteiger partial charge in [-0.05, 0) is 55.2 Å². The summed E-state index contributed by atoms with van der Waals surface area (Å²) in [5.41, 5.74) is 5.11. The predicted molar refractivity (Wildman–Crippen MR) is 84.3 cm³/mol. The third-order valence-electron chi connectivity index (χ3n) is 3.91. The highest BCUT2D eigenvalue weighted by Gasteiger charge is 2.18. The monoisotopic (exact) mass is 286 g/mol. The lowest BCUT2D eigenvalue weighted by Gasteiger charge is -2.19. The van der Waals surface area contributed by atoms with Crippen molar-refractivity contribution >= 4 is 0 Å². The van der Waals surface area contributed by atoms with Gasteiger partial charge in [0.25, 0.3) is 0 Å². The van der Waals surface area contributed by atoms with E-state index in [0.717, 1.165) is 16.7 Å². The zero-order chi connectivity index (χ0) is 15.6. The van der Waals surface area contributed by atoms with Crippen LogP contribution in [0.5, 0.6) is 11.5 Å². The lowest BCUT2D eigenvalue weighted by Crippen LogP contribution is -2.05. The first-order chi connectivity index (χ1) is 9.97. The van der Waals surface area contributed by atoms with Gasteiger partial charge in [0.1, 0.15) is 17.6 Å². The van der Waals surface area contributed by atoms with Crippen LogP contribution in [0.15, 0.2) is 30.3 Å². The molecule has 1 N–H and O–H groups in total. The summed E-state index contributed by atoms with van der Waals surface area (Å²) in [6.07, 6.45) is -0.717. The summed E-state index contributed by atoms with van der Waals surface area (Å²) in [7, 11) is 3.20. The van der Waals surface area contributed by atoms with Gasteiger partial charge < -0.3 is 14.6 Å². The van der Waals surface area contributed by atoms with Gasteiger partial charge in [-0.3, -0.25) is 0 Å². The Bertz CT molecular complexity index is 647. The number of aliphatic hydroxyl groups is 1. The molecule has 21 heavy (non-hydrogen) atoms. The molecular weight excluding hydrogens is 264 g/mol. The molecule has 0 aromatic heterocycles. The minimum Gasteiger partial charge on any atom is -0.497 e. The Morgan fingerprint density at radius 1 is 0.810 bits per heavy atom. The van der Waals surface area contributed by atoms with Crippen LogP contribution in [-0.4, -0.2) is 19.3 Å². The van der Waals surface area contributed by atoms with Gasteiger partial charge in [-0.15, -0.1) is 0 Å². The zero-order valence-electron chi connectivity index (χ0n) is 13.2. The van der Waals surface area contributed by atoms with Gasteiger partial charge >= 0.3 is 0 Å². The normalized spacial score (nSPS) is 12.1. The van der Waals surface area contributed by atoms with E-state index in [-0.39, 0.29) is 0 Å². The van der Waals surface area contributed by atoms with E-state index >= 15 is 0 Å². The van der Waals surface area contributed by atoms with Crippen molar-refractivity contribution in [1.29, 1.82) is 0 Å². The number of aryl methyl sites for hydroxylation is 3. The topological polar surface area (TPSA) is 38.7 Å². The smallest absolute Gasteiger partial charge is 0.128 e. The van der Waals surface area contributed by atoms with Crippen molar-refractivity contribution in [3.05, 3.63) is 58.1 Å². The quantitative estimate of drug-likeness (QED) is 0.931. The molecule has 1 atom stereocenters. The van der Waals surface area contributed by atoms with Crippen molar-refractivity contribution in [2.24, 2.45) is 0 Å². The van der Waals surface area contributed by atoms with Gasteiger partial charge in [-0.1, -0.05) is 12.1 Å². The summed E-state index contributed by atoms with van der Waals surface area (Å²) in [6, 6.07) is 9.60. The summed E-state index contributed by atoms with van der Waals surface area (Å²) in [5, 5.41) is 10.7. The van der Waals surface area contributed by atoms with Crippen LogP contribution in [0, 0.1) is 20.8 Å². The molecule has 2 aromatic carbocycles. The van der Waals surface area contributed by atoms with Gasteiger partial charge in [0.15, 0.2) is 0 Å². The molecule has 0 radical (unpaired) electrons. The second-order valence-electron chi connectivity index (χ2n) is 5.30. The van der Waals surface area contributed by atoms with Crippen LogP contribution in [0.1, 0.15) is 33.9 Å². The van der Waals surface area contributed by atoms with Crippen molar-refractivity contribution < 1.29 is 14.6 Å². The highest BCUT2D eigenvalue weighted by Crippen LogP contribution is 2.34. The lowest BCUT2D eigenvalue weighted by atomic mass is 9.93. The number of benzene rings is 2. The molecule has 0 saturated heterocycles. The maximum atomic E-state index is 10.7. The largest absolute Gasteiger partial charge is 0.497 e. The van der Waals surface area contributed by atoms with E-state index < -0.39 is 6.10 Å². The van der Waals surface area contributed by atoms with Crippen molar-refractivity contribution in [2.75, 3.05) is 14.2 Å². The highest BCUT2D eigenvalue weighted by molar-refractivity contribution is 5.48. The Morgan fingerprint density at radius 3 is 2.10 bits per heavy atom. The summed E-state index contributed by atoms with van der Waals surface area (Å²) in [6.45, 7) is 6.14. The molecule has 0 aliphatic carbocycles. The van der Waals surface area contributed by atoms with Crippen LogP contribution in [0.4, 0.5) is 0 Å². The fourth-order valence-corrected chi connectivity index (χ4v) is 2.49. The van der Waals surface area contributed by atoms with Crippen LogP contribution < -0.4 is 9.47 Å². The van der Waals surface area contributed by atoms with Crippen LogP contribution in [0.3, 0.4) is 0 Å². The Kier molecular flexibility index (Phi) is 4.53. The fourth-order valence-electron chi connectivity index (χ4n) is 2.49. The number of hydrogen-bond acceptors (Lipinski definition) is 3. The van der Waals surface area contributed by atoms with Gasteiger partial charge in [0, 0.05) is 11.6 Å². The van der Waals surface area contributed by atoms with Crippen LogP contribution in [0.2, 0.25) is 0 Å². The first kappa shape index (κ1) is 15.4. The van der Waals surface area contributed by atoms with Gasteiger partial charge in [0.05, 0.1) is 14.2 Å². The van der Waals surface area contributed by atoms with Crippen LogP contribution >= 0.6 is 0 Å². The highest BCUT2D eigenvalue weighted by atomic mass is 16.5. The van der Waals surface area contributed by atoms with E-state index in [2.05, 4.69) is 19.9 Å². The average Bonchev–Trinajstić information content (AvgIpc) is 2.49. The standard InChI is InChI=1S/C18H22O3/c1-11-8-13(3)16(9-12(11)2)18(19)15-7-6-14(20-4)10-17(15)21-5/h6-10,18-19H,1-5H3. The second kappa shape index (κ2) is 6.19. The molecule has 3 nitrogen and oxygen atoms in total. The zero-order valence-corrected chi connectivity index (χ0v) is 13.2. The van der Waals surface area contributed by atoms with Gasteiger partial charge in [-0.2, -0.15) is 0 Å². The molecule has 112 valence electrons. The number of aliphatic hydroxyl groups excluding tert-OH is 1.